The highest BCUT2D eigenvalue weighted by Crippen LogP contribution is 2.36. The van der Waals surface area contributed by atoms with E-state index in [4.69, 9.17) is 4.74 Å². The van der Waals surface area contributed by atoms with Gasteiger partial charge in [0.1, 0.15) is 11.9 Å². The molecule has 2 aliphatic rings. The van der Waals surface area contributed by atoms with Crippen molar-refractivity contribution in [1.82, 2.24) is 10.2 Å². The molecular weight excluding hydrogens is 356 g/mol. The smallest absolute Gasteiger partial charge is 0.410 e. The quantitative estimate of drug-likeness (QED) is 0.823. The third kappa shape index (κ3) is 5.18. The standard InChI is InChI=1S/C22H32N2O4/c1-15-12-16(4-5-19(15)25)13-23-20(26)17-8-11-24(14-17)21(27)28-18-6-9-22(2,3)10-7-18/h4-5,12,17-18,25H,6-11,13-14H2,1-3H3,(H,23,26)/t17-/m1/s1. The van der Waals surface area contributed by atoms with Crippen LogP contribution < -0.4 is 5.32 Å². The third-order valence-corrected chi connectivity index (χ3v) is 6.10. The first kappa shape index (κ1) is 20.5. The number of hydrogen-bond acceptors (Lipinski definition) is 4. The Morgan fingerprint density at radius 3 is 2.64 bits per heavy atom. The van der Waals surface area contributed by atoms with E-state index in [0.717, 1.165) is 36.8 Å². The maximum Gasteiger partial charge on any atom is 0.410 e. The summed E-state index contributed by atoms with van der Waals surface area (Å²) < 4.78 is 5.68. The Morgan fingerprint density at radius 1 is 1.25 bits per heavy atom. The van der Waals surface area contributed by atoms with Crippen molar-refractivity contribution in [3.63, 3.8) is 0 Å². The van der Waals surface area contributed by atoms with Crippen molar-refractivity contribution in [2.24, 2.45) is 11.3 Å². The molecule has 0 bridgehead atoms. The highest BCUT2D eigenvalue weighted by molar-refractivity contribution is 5.80. The largest absolute Gasteiger partial charge is 0.508 e. The molecule has 1 heterocycles. The van der Waals surface area contributed by atoms with Crippen LogP contribution in [-0.4, -0.2) is 41.2 Å². The van der Waals surface area contributed by atoms with Crippen molar-refractivity contribution < 1.29 is 19.4 Å². The Bertz CT molecular complexity index is 721. The van der Waals surface area contributed by atoms with Gasteiger partial charge in [0.05, 0.1) is 5.92 Å². The summed E-state index contributed by atoms with van der Waals surface area (Å²) in [5.41, 5.74) is 2.07. The minimum Gasteiger partial charge on any atom is -0.508 e. The molecule has 1 atom stereocenters. The number of likely N-dealkylation sites (tertiary alicyclic amines) is 1. The summed E-state index contributed by atoms with van der Waals surface area (Å²) in [7, 11) is 0. The second-order valence-electron chi connectivity index (χ2n) is 9.02. The zero-order valence-electron chi connectivity index (χ0n) is 17.2. The Hall–Kier alpha value is -2.24. The van der Waals surface area contributed by atoms with Gasteiger partial charge >= 0.3 is 6.09 Å². The van der Waals surface area contributed by atoms with E-state index in [9.17, 15) is 14.7 Å². The molecule has 2 N–H and O–H groups in total. The summed E-state index contributed by atoms with van der Waals surface area (Å²) >= 11 is 0. The number of aromatic hydroxyl groups is 1. The number of carbonyl (C=O) groups excluding carboxylic acids is 2. The molecule has 0 spiro atoms. The van der Waals surface area contributed by atoms with Crippen LogP contribution in [0.1, 0.15) is 57.1 Å². The van der Waals surface area contributed by atoms with Crippen LogP contribution in [-0.2, 0) is 16.1 Å². The van der Waals surface area contributed by atoms with Gasteiger partial charge in [-0.15, -0.1) is 0 Å². The molecule has 0 unspecified atom stereocenters. The number of amides is 2. The molecule has 1 aliphatic carbocycles. The molecule has 6 heteroatoms. The van der Waals surface area contributed by atoms with E-state index in [1.165, 1.54) is 0 Å². The Labute approximate surface area is 167 Å². The fraction of sp³-hybridized carbons (Fsp3) is 0.636. The van der Waals surface area contributed by atoms with Crippen molar-refractivity contribution in [3.05, 3.63) is 29.3 Å². The van der Waals surface area contributed by atoms with E-state index >= 15 is 0 Å². The molecule has 1 saturated carbocycles. The topological polar surface area (TPSA) is 78.9 Å². The fourth-order valence-corrected chi connectivity index (χ4v) is 4.01. The number of rotatable bonds is 4. The van der Waals surface area contributed by atoms with Crippen molar-refractivity contribution in [2.45, 2.75) is 65.5 Å². The summed E-state index contributed by atoms with van der Waals surface area (Å²) in [6, 6.07) is 5.29. The molecule has 3 rings (SSSR count). The minimum absolute atomic E-state index is 0.00568. The zero-order chi connectivity index (χ0) is 20.3. The number of carbonyl (C=O) groups is 2. The summed E-state index contributed by atoms with van der Waals surface area (Å²) in [6.07, 6.45) is 4.37. The molecular formula is C22H32N2O4. The summed E-state index contributed by atoms with van der Waals surface area (Å²) in [5.74, 6) is 0.0121. The minimum atomic E-state index is -0.283. The van der Waals surface area contributed by atoms with Crippen LogP contribution in [0.2, 0.25) is 0 Å². The Morgan fingerprint density at radius 2 is 1.96 bits per heavy atom. The van der Waals surface area contributed by atoms with Crippen LogP contribution in [0.3, 0.4) is 0 Å². The molecule has 0 aromatic heterocycles. The lowest BCUT2D eigenvalue weighted by atomic mass is 9.76. The predicted octanol–water partition coefficient (Wildman–Crippen LogP) is 3.74. The second-order valence-corrected chi connectivity index (χ2v) is 9.02. The van der Waals surface area contributed by atoms with E-state index in [1.807, 2.05) is 13.0 Å². The van der Waals surface area contributed by atoms with Crippen LogP contribution in [0, 0.1) is 18.3 Å². The van der Waals surface area contributed by atoms with Gasteiger partial charge in [0, 0.05) is 19.6 Å². The fourth-order valence-electron chi connectivity index (χ4n) is 4.01. The molecule has 2 fully saturated rings. The van der Waals surface area contributed by atoms with Crippen LogP contribution >= 0.6 is 0 Å². The van der Waals surface area contributed by atoms with Crippen LogP contribution in [0.25, 0.3) is 0 Å². The molecule has 6 nitrogen and oxygen atoms in total. The van der Waals surface area contributed by atoms with Gasteiger partial charge in [0.25, 0.3) is 0 Å². The first-order valence-corrected chi connectivity index (χ1v) is 10.3. The average molecular weight is 389 g/mol. The maximum absolute atomic E-state index is 12.5. The van der Waals surface area contributed by atoms with Crippen molar-refractivity contribution in [2.75, 3.05) is 13.1 Å². The molecule has 2 amide bonds. The molecule has 1 saturated heterocycles. The van der Waals surface area contributed by atoms with E-state index in [1.54, 1.807) is 17.0 Å². The van der Waals surface area contributed by atoms with Gasteiger partial charge in [-0.3, -0.25) is 4.79 Å². The number of aryl methyl sites for hydroxylation is 1. The molecule has 154 valence electrons. The number of benzene rings is 1. The highest BCUT2D eigenvalue weighted by Gasteiger charge is 2.34. The van der Waals surface area contributed by atoms with Crippen molar-refractivity contribution >= 4 is 12.0 Å². The second kappa shape index (κ2) is 8.41. The van der Waals surface area contributed by atoms with Gasteiger partial charge in [-0.1, -0.05) is 26.0 Å². The van der Waals surface area contributed by atoms with E-state index in [2.05, 4.69) is 19.2 Å². The molecule has 28 heavy (non-hydrogen) atoms. The van der Waals surface area contributed by atoms with E-state index in [0.29, 0.717) is 31.5 Å². The lowest BCUT2D eigenvalue weighted by Crippen LogP contribution is -2.37. The predicted molar refractivity (Wildman–Crippen MR) is 107 cm³/mol. The summed E-state index contributed by atoms with van der Waals surface area (Å²) in [5, 5.41) is 12.5. The van der Waals surface area contributed by atoms with E-state index < -0.39 is 0 Å². The zero-order valence-corrected chi connectivity index (χ0v) is 17.2. The highest BCUT2D eigenvalue weighted by atomic mass is 16.6. The van der Waals surface area contributed by atoms with Crippen molar-refractivity contribution in [3.8, 4) is 5.75 Å². The molecule has 1 aromatic carbocycles. The first-order valence-electron chi connectivity index (χ1n) is 10.3. The summed E-state index contributed by atoms with van der Waals surface area (Å²) in [4.78, 5) is 26.6. The SMILES string of the molecule is Cc1cc(CNC(=O)[C@@H]2CCN(C(=O)OC3CCC(C)(C)CC3)C2)ccc1O. The number of hydrogen-bond donors (Lipinski definition) is 2. The number of nitrogens with one attached hydrogen (secondary N) is 1. The monoisotopic (exact) mass is 388 g/mol. The Kier molecular flexibility index (Phi) is 6.16. The Balaban J connectivity index is 1.43. The first-order chi connectivity index (χ1) is 13.2. The lowest BCUT2D eigenvalue weighted by Gasteiger charge is -2.34. The molecule has 0 radical (unpaired) electrons. The van der Waals surface area contributed by atoms with Crippen LogP contribution in [0.5, 0.6) is 5.75 Å². The summed E-state index contributed by atoms with van der Waals surface area (Å²) in [6.45, 7) is 7.74. The van der Waals surface area contributed by atoms with Gasteiger partial charge in [-0.25, -0.2) is 4.79 Å². The average Bonchev–Trinajstić information content (AvgIpc) is 3.14. The normalized spacial score (nSPS) is 22.1. The lowest BCUT2D eigenvalue weighted by molar-refractivity contribution is -0.124. The van der Waals surface area contributed by atoms with Gasteiger partial charge in [0.2, 0.25) is 5.91 Å². The van der Waals surface area contributed by atoms with Crippen molar-refractivity contribution in [1.29, 1.82) is 0 Å². The van der Waals surface area contributed by atoms with Crippen LogP contribution in [0.4, 0.5) is 4.79 Å². The maximum atomic E-state index is 12.5. The van der Waals surface area contributed by atoms with Gasteiger partial charge in [0.15, 0.2) is 0 Å². The van der Waals surface area contributed by atoms with Gasteiger partial charge in [-0.05, 0) is 61.6 Å². The number of phenols is 1. The number of nitrogens with zero attached hydrogens (tertiary/aromatic N) is 1. The van der Waals surface area contributed by atoms with Crippen LogP contribution in [0.15, 0.2) is 18.2 Å². The third-order valence-electron chi connectivity index (χ3n) is 6.10. The van der Waals surface area contributed by atoms with Gasteiger partial charge in [-0.2, -0.15) is 0 Å². The van der Waals surface area contributed by atoms with E-state index in [-0.39, 0.29) is 29.8 Å². The van der Waals surface area contributed by atoms with Gasteiger partial charge < -0.3 is 20.1 Å². The number of phenolic OH excluding ortho intramolecular Hbond substituents is 1. The number of ether oxygens (including phenoxy) is 1. The molecule has 1 aromatic rings. The molecule has 1 aliphatic heterocycles.